The van der Waals surface area contributed by atoms with Crippen molar-refractivity contribution in [1.29, 1.82) is 0 Å². The van der Waals surface area contributed by atoms with E-state index < -0.39 is 0 Å². The van der Waals surface area contributed by atoms with Gasteiger partial charge in [-0.2, -0.15) is 5.10 Å². The maximum atomic E-state index is 6.91. The van der Waals surface area contributed by atoms with Crippen LogP contribution >= 0.6 is 0 Å². The average molecular weight is 761 g/mol. The molecule has 0 aliphatic heterocycles. The lowest BCUT2D eigenvalue weighted by molar-refractivity contribution is 0.478. The van der Waals surface area contributed by atoms with Gasteiger partial charge in [-0.1, -0.05) is 120 Å². The lowest BCUT2D eigenvalue weighted by atomic mass is 9.69. The average Bonchev–Trinajstić information content (AvgIpc) is 3.79. The summed E-state index contributed by atoms with van der Waals surface area (Å²) in [4.78, 5) is 4.80. The summed E-state index contributed by atoms with van der Waals surface area (Å²) in [5.41, 5.74) is 13.3. The van der Waals surface area contributed by atoms with Gasteiger partial charge in [0.15, 0.2) is 0 Å². The second kappa shape index (κ2) is 15.3. The number of allylic oxidation sites excluding steroid dienone is 2. The third kappa shape index (κ3) is 6.83. The summed E-state index contributed by atoms with van der Waals surface area (Å²) in [5.74, 6) is 2.99. The van der Waals surface area contributed by atoms with Crippen molar-refractivity contribution < 1.29 is 4.74 Å². The van der Waals surface area contributed by atoms with E-state index in [0.29, 0.717) is 5.92 Å². The molecule has 58 heavy (non-hydrogen) atoms. The van der Waals surface area contributed by atoms with E-state index in [9.17, 15) is 0 Å². The van der Waals surface area contributed by atoms with E-state index in [0.717, 1.165) is 65.4 Å². The first-order valence-corrected chi connectivity index (χ1v) is 20.9. The quantitative estimate of drug-likeness (QED) is 0.147. The van der Waals surface area contributed by atoms with Gasteiger partial charge in [0.05, 0.1) is 22.4 Å². The topological polar surface area (TPSA) is 44.9 Å². The Morgan fingerprint density at radius 3 is 2.21 bits per heavy atom. The standard InChI is InChI=1S/C53H52N4O/c1-7-46-52(51-42(36-18-11-9-12-19-36)23-17-24-43(51)37-20-13-10-14-21-37)47(8-2)57(55-46)39-31-38(53(4,5)6)32-41(33-39)58-40-26-27-45-44-22-15-16-25-48(44)56(49(45)34-40)50-30-35(3)28-29-54-50/h9-16,18-23,25-34,43,51H,7-8,17,24H2,1-6H3/t43-,51-/m1/s1. The summed E-state index contributed by atoms with van der Waals surface area (Å²) in [6.07, 6.45) is 8.24. The number of rotatable bonds is 9. The van der Waals surface area contributed by atoms with Crippen molar-refractivity contribution in [3.8, 4) is 23.0 Å². The summed E-state index contributed by atoms with van der Waals surface area (Å²) in [6.45, 7) is 13.5. The van der Waals surface area contributed by atoms with E-state index >= 15 is 0 Å². The fourth-order valence-corrected chi connectivity index (χ4v) is 9.20. The molecule has 9 rings (SSSR count). The van der Waals surface area contributed by atoms with Gasteiger partial charge in [-0.3, -0.25) is 4.57 Å². The Kier molecular flexibility index (Phi) is 9.85. The van der Waals surface area contributed by atoms with E-state index in [-0.39, 0.29) is 11.3 Å². The summed E-state index contributed by atoms with van der Waals surface area (Å²) >= 11 is 0. The molecule has 5 nitrogen and oxygen atoms in total. The number of nitrogens with zero attached hydrogens (tertiary/aromatic N) is 4. The molecule has 8 aromatic rings. The van der Waals surface area contributed by atoms with Crippen molar-refractivity contribution in [1.82, 2.24) is 19.3 Å². The van der Waals surface area contributed by atoms with Crippen molar-refractivity contribution >= 4 is 27.4 Å². The molecule has 0 radical (unpaired) electrons. The van der Waals surface area contributed by atoms with E-state index in [1.807, 2.05) is 12.3 Å². The Morgan fingerprint density at radius 1 is 0.724 bits per heavy atom. The van der Waals surface area contributed by atoms with Crippen LogP contribution in [0, 0.1) is 6.92 Å². The molecule has 0 N–H and O–H groups in total. The molecule has 0 unspecified atom stereocenters. The molecule has 0 fully saturated rings. The number of hydrogen-bond donors (Lipinski definition) is 0. The fourth-order valence-electron chi connectivity index (χ4n) is 9.20. The van der Waals surface area contributed by atoms with Crippen LogP contribution in [0.25, 0.3) is 38.9 Å². The minimum absolute atomic E-state index is 0.123. The van der Waals surface area contributed by atoms with Gasteiger partial charge in [0.25, 0.3) is 0 Å². The highest BCUT2D eigenvalue weighted by atomic mass is 16.5. The van der Waals surface area contributed by atoms with Crippen LogP contribution in [0.4, 0.5) is 0 Å². The Morgan fingerprint density at radius 2 is 1.47 bits per heavy atom. The molecule has 0 bridgehead atoms. The minimum atomic E-state index is -0.123. The third-order valence-electron chi connectivity index (χ3n) is 12.0. The van der Waals surface area contributed by atoms with E-state index in [4.69, 9.17) is 14.8 Å². The van der Waals surface area contributed by atoms with Crippen LogP contribution in [-0.4, -0.2) is 19.3 Å². The van der Waals surface area contributed by atoms with Gasteiger partial charge >= 0.3 is 0 Å². The Hall–Kier alpha value is -6.20. The van der Waals surface area contributed by atoms with Crippen LogP contribution in [0.5, 0.6) is 11.5 Å². The highest BCUT2D eigenvalue weighted by Gasteiger charge is 2.36. The lowest BCUT2D eigenvalue weighted by Crippen LogP contribution is -2.19. The first-order chi connectivity index (χ1) is 28.2. The van der Waals surface area contributed by atoms with Gasteiger partial charge in [0.2, 0.25) is 0 Å². The van der Waals surface area contributed by atoms with Crippen LogP contribution in [0.2, 0.25) is 0 Å². The SMILES string of the molecule is CCc1nn(-c2cc(Oc3ccc4c5ccccc5n(-c5cc(C)ccn5)c4c3)cc(C(C)(C)C)c2)c(CC)c1[C@@H]1C(c2ccccc2)=CCC[C@@H]1c1ccccc1. The first-order valence-electron chi connectivity index (χ1n) is 20.9. The number of para-hydroxylation sites is 1. The lowest BCUT2D eigenvalue weighted by Gasteiger charge is -2.34. The molecule has 5 aromatic carbocycles. The van der Waals surface area contributed by atoms with Gasteiger partial charge < -0.3 is 4.74 Å². The zero-order valence-corrected chi connectivity index (χ0v) is 34.5. The smallest absolute Gasteiger partial charge is 0.137 e. The number of aromatic nitrogens is 4. The summed E-state index contributed by atoms with van der Waals surface area (Å²) in [6, 6.07) is 48.0. The Labute approximate surface area is 342 Å². The molecule has 0 amide bonds. The monoisotopic (exact) mass is 760 g/mol. The number of benzene rings is 5. The molecule has 2 atom stereocenters. The molecular formula is C53H52N4O. The van der Waals surface area contributed by atoms with Gasteiger partial charge in [-0.05, 0) is 114 Å². The maximum Gasteiger partial charge on any atom is 0.137 e. The molecule has 5 heteroatoms. The Bertz CT molecular complexity index is 2780. The van der Waals surface area contributed by atoms with Crippen molar-refractivity contribution in [2.75, 3.05) is 0 Å². The zero-order valence-electron chi connectivity index (χ0n) is 34.5. The summed E-state index contributed by atoms with van der Waals surface area (Å²) in [5, 5.41) is 7.87. The predicted molar refractivity (Wildman–Crippen MR) is 240 cm³/mol. The third-order valence-corrected chi connectivity index (χ3v) is 12.0. The highest BCUT2D eigenvalue weighted by molar-refractivity contribution is 6.09. The maximum absolute atomic E-state index is 6.91. The molecule has 0 spiro atoms. The van der Waals surface area contributed by atoms with Crippen LogP contribution < -0.4 is 4.74 Å². The van der Waals surface area contributed by atoms with Gasteiger partial charge in [0.1, 0.15) is 17.3 Å². The molecule has 290 valence electrons. The van der Waals surface area contributed by atoms with Crippen LogP contribution in [0.15, 0.2) is 146 Å². The first kappa shape index (κ1) is 37.4. The molecule has 1 aliphatic carbocycles. The van der Waals surface area contributed by atoms with Crippen molar-refractivity contribution in [2.24, 2.45) is 0 Å². The van der Waals surface area contributed by atoms with E-state index in [2.05, 4.69) is 184 Å². The molecule has 0 saturated heterocycles. The van der Waals surface area contributed by atoms with Crippen molar-refractivity contribution in [3.05, 3.63) is 185 Å². The zero-order chi connectivity index (χ0) is 40.0. The van der Waals surface area contributed by atoms with Crippen LogP contribution in [0.1, 0.15) is 98.5 Å². The van der Waals surface area contributed by atoms with E-state index in [1.165, 1.54) is 49.9 Å². The minimum Gasteiger partial charge on any atom is -0.457 e. The normalized spacial score (nSPS) is 15.9. The van der Waals surface area contributed by atoms with Gasteiger partial charge in [-0.25, -0.2) is 9.67 Å². The second-order valence-corrected chi connectivity index (χ2v) is 16.8. The molecule has 3 aromatic heterocycles. The van der Waals surface area contributed by atoms with E-state index in [1.54, 1.807) is 0 Å². The number of aryl methyl sites for hydroxylation is 2. The van der Waals surface area contributed by atoms with Crippen molar-refractivity contribution in [2.45, 2.75) is 84.5 Å². The van der Waals surface area contributed by atoms with Crippen LogP contribution in [-0.2, 0) is 18.3 Å². The second-order valence-electron chi connectivity index (χ2n) is 16.8. The Balaban J connectivity index is 1.19. The predicted octanol–water partition coefficient (Wildman–Crippen LogP) is 13.6. The fraction of sp³-hybridized carbons (Fsp3) is 0.245. The summed E-state index contributed by atoms with van der Waals surface area (Å²) < 4.78 is 11.4. The molecule has 3 heterocycles. The molecule has 0 saturated carbocycles. The highest BCUT2D eigenvalue weighted by Crippen LogP contribution is 2.51. The largest absolute Gasteiger partial charge is 0.457 e. The summed E-state index contributed by atoms with van der Waals surface area (Å²) in [7, 11) is 0. The molecular weight excluding hydrogens is 709 g/mol. The number of pyridine rings is 1. The van der Waals surface area contributed by atoms with Crippen LogP contribution in [0.3, 0.4) is 0 Å². The van der Waals surface area contributed by atoms with Gasteiger partial charge in [0, 0.05) is 46.3 Å². The number of ether oxygens (including phenoxy) is 1. The van der Waals surface area contributed by atoms with Crippen molar-refractivity contribution in [3.63, 3.8) is 0 Å². The van der Waals surface area contributed by atoms with Gasteiger partial charge in [-0.15, -0.1) is 0 Å². The molecule has 1 aliphatic rings. The number of fused-ring (bicyclic) bond motifs is 3. The number of hydrogen-bond acceptors (Lipinski definition) is 3.